The molecule has 102 valence electrons. The van der Waals surface area contributed by atoms with E-state index in [2.05, 4.69) is 10.6 Å². The molecule has 1 saturated heterocycles. The fourth-order valence-corrected chi connectivity index (χ4v) is 1.93. The van der Waals surface area contributed by atoms with Crippen LogP contribution in [0.4, 0.5) is 10.5 Å². The molecule has 1 unspecified atom stereocenters. The highest BCUT2D eigenvalue weighted by molar-refractivity contribution is 5.92. The van der Waals surface area contributed by atoms with Crippen LogP contribution in [0.15, 0.2) is 18.2 Å². The molecule has 0 radical (unpaired) electrons. The summed E-state index contributed by atoms with van der Waals surface area (Å²) in [5, 5.41) is 14.4. The van der Waals surface area contributed by atoms with Crippen molar-refractivity contribution in [3.8, 4) is 0 Å². The molecule has 1 aliphatic heterocycles. The SMILES string of the molecule is Cc1cc(C(=O)O)ccc1NC(=O)NC1CCOC1. The maximum atomic E-state index is 11.7. The fourth-order valence-electron chi connectivity index (χ4n) is 1.93. The van der Waals surface area contributed by atoms with Gasteiger partial charge in [0.25, 0.3) is 0 Å². The number of carbonyl (C=O) groups is 2. The topological polar surface area (TPSA) is 87.7 Å². The summed E-state index contributed by atoms with van der Waals surface area (Å²) in [6, 6.07) is 4.31. The molecule has 0 spiro atoms. The Morgan fingerprint density at radius 2 is 2.21 bits per heavy atom. The van der Waals surface area contributed by atoms with Gasteiger partial charge in [0, 0.05) is 12.3 Å². The van der Waals surface area contributed by atoms with Gasteiger partial charge in [0.15, 0.2) is 0 Å². The Bertz CT molecular complexity index is 495. The summed E-state index contributed by atoms with van der Waals surface area (Å²) in [6.07, 6.45) is 0.810. The Morgan fingerprint density at radius 1 is 1.42 bits per heavy atom. The number of hydrogen-bond acceptors (Lipinski definition) is 3. The van der Waals surface area contributed by atoms with E-state index >= 15 is 0 Å². The van der Waals surface area contributed by atoms with Gasteiger partial charge in [0.1, 0.15) is 0 Å². The molecule has 6 heteroatoms. The first-order valence-electron chi connectivity index (χ1n) is 6.05. The average molecular weight is 264 g/mol. The molecule has 1 aromatic rings. The smallest absolute Gasteiger partial charge is 0.335 e. The van der Waals surface area contributed by atoms with E-state index in [0.717, 1.165) is 6.42 Å². The third-order valence-electron chi connectivity index (χ3n) is 2.99. The quantitative estimate of drug-likeness (QED) is 0.773. The van der Waals surface area contributed by atoms with Crippen molar-refractivity contribution in [3.05, 3.63) is 29.3 Å². The van der Waals surface area contributed by atoms with E-state index in [0.29, 0.717) is 24.5 Å². The molecule has 2 rings (SSSR count). The summed E-state index contributed by atoms with van der Waals surface area (Å²) in [5.41, 5.74) is 1.51. The monoisotopic (exact) mass is 264 g/mol. The fraction of sp³-hybridized carbons (Fsp3) is 0.385. The second-order valence-corrected chi connectivity index (χ2v) is 4.49. The number of aromatic carboxylic acids is 1. The third kappa shape index (κ3) is 3.45. The van der Waals surface area contributed by atoms with Gasteiger partial charge < -0.3 is 20.5 Å². The molecule has 1 heterocycles. The highest BCUT2D eigenvalue weighted by Gasteiger charge is 2.18. The Labute approximate surface area is 110 Å². The molecule has 1 aliphatic rings. The number of ether oxygens (including phenoxy) is 1. The van der Waals surface area contributed by atoms with Crippen LogP contribution in [-0.4, -0.2) is 36.4 Å². The lowest BCUT2D eigenvalue weighted by atomic mass is 10.1. The lowest BCUT2D eigenvalue weighted by Crippen LogP contribution is -2.38. The van der Waals surface area contributed by atoms with E-state index in [-0.39, 0.29) is 17.6 Å². The first-order chi connectivity index (χ1) is 9.06. The summed E-state index contributed by atoms with van der Waals surface area (Å²) in [5.74, 6) is -0.984. The Balaban J connectivity index is 1.98. The number of anilines is 1. The van der Waals surface area contributed by atoms with Crippen molar-refractivity contribution < 1.29 is 19.4 Å². The lowest BCUT2D eigenvalue weighted by Gasteiger charge is -2.13. The lowest BCUT2D eigenvalue weighted by molar-refractivity contribution is 0.0697. The predicted molar refractivity (Wildman–Crippen MR) is 69.5 cm³/mol. The molecule has 0 bridgehead atoms. The van der Waals surface area contributed by atoms with Crippen LogP contribution < -0.4 is 10.6 Å². The summed E-state index contributed by atoms with van der Waals surface area (Å²) in [4.78, 5) is 22.5. The van der Waals surface area contributed by atoms with Crippen LogP contribution in [0.25, 0.3) is 0 Å². The molecule has 0 aliphatic carbocycles. The van der Waals surface area contributed by atoms with E-state index in [4.69, 9.17) is 9.84 Å². The number of carbonyl (C=O) groups excluding carboxylic acids is 1. The van der Waals surface area contributed by atoms with E-state index < -0.39 is 5.97 Å². The third-order valence-corrected chi connectivity index (χ3v) is 2.99. The van der Waals surface area contributed by atoms with Crippen molar-refractivity contribution >= 4 is 17.7 Å². The number of aryl methyl sites for hydroxylation is 1. The van der Waals surface area contributed by atoms with Crippen molar-refractivity contribution in [3.63, 3.8) is 0 Å². The van der Waals surface area contributed by atoms with E-state index in [1.165, 1.54) is 12.1 Å². The van der Waals surface area contributed by atoms with Gasteiger partial charge in [-0.25, -0.2) is 9.59 Å². The summed E-state index contributed by atoms with van der Waals surface area (Å²) in [6.45, 7) is 2.95. The number of carboxylic acid groups (broad SMARTS) is 1. The standard InChI is InChI=1S/C13H16N2O4/c1-8-6-9(12(16)17)2-3-11(8)15-13(18)14-10-4-5-19-7-10/h2-3,6,10H,4-5,7H2,1H3,(H,16,17)(H2,14,15,18). The molecule has 6 nitrogen and oxygen atoms in total. The molecule has 1 fully saturated rings. The number of carboxylic acids is 1. The van der Waals surface area contributed by atoms with Gasteiger partial charge in [0.2, 0.25) is 0 Å². The second-order valence-electron chi connectivity index (χ2n) is 4.49. The summed E-state index contributed by atoms with van der Waals surface area (Å²) in [7, 11) is 0. The van der Waals surface area contributed by atoms with Gasteiger partial charge >= 0.3 is 12.0 Å². The molecular formula is C13H16N2O4. The largest absolute Gasteiger partial charge is 0.478 e. The molecule has 1 aromatic carbocycles. The van der Waals surface area contributed by atoms with Gasteiger partial charge in [-0.15, -0.1) is 0 Å². The first kappa shape index (κ1) is 13.4. The van der Waals surface area contributed by atoms with Crippen LogP contribution in [0.3, 0.4) is 0 Å². The van der Waals surface area contributed by atoms with Gasteiger partial charge in [-0.2, -0.15) is 0 Å². The van der Waals surface area contributed by atoms with E-state index in [9.17, 15) is 9.59 Å². The molecule has 3 N–H and O–H groups in total. The van der Waals surface area contributed by atoms with Crippen molar-refractivity contribution in [2.45, 2.75) is 19.4 Å². The normalized spacial score (nSPS) is 18.1. The van der Waals surface area contributed by atoms with Gasteiger partial charge in [-0.3, -0.25) is 0 Å². The molecule has 2 amide bonds. The minimum atomic E-state index is -0.984. The average Bonchev–Trinajstić information content (AvgIpc) is 2.84. The Morgan fingerprint density at radius 3 is 2.79 bits per heavy atom. The van der Waals surface area contributed by atoms with Crippen molar-refractivity contribution in [2.75, 3.05) is 18.5 Å². The van der Waals surface area contributed by atoms with Crippen molar-refractivity contribution in [1.29, 1.82) is 0 Å². The second kappa shape index (κ2) is 5.71. The summed E-state index contributed by atoms with van der Waals surface area (Å²) >= 11 is 0. The first-order valence-corrected chi connectivity index (χ1v) is 6.05. The van der Waals surface area contributed by atoms with Crippen LogP contribution in [0, 0.1) is 6.92 Å². The van der Waals surface area contributed by atoms with Crippen molar-refractivity contribution in [1.82, 2.24) is 5.32 Å². The minimum Gasteiger partial charge on any atom is -0.478 e. The number of benzene rings is 1. The van der Waals surface area contributed by atoms with Crippen LogP contribution in [0.5, 0.6) is 0 Å². The zero-order valence-corrected chi connectivity index (χ0v) is 10.6. The molecular weight excluding hydrogens is 248 g/mol. The van der Waals surface area contributed by atoms with Crippen LogP contribution in [0.1, 0.15) is 22.3 Å². The highest BCUT2D eigenvalue weighted by atomic mass is 16.5. The number of hydrogen-bond donors (Lipinski definition) is 3. The zero-order chi connectivity index (χ0) is 13.8. The zero-order valence-electron chi connectivity index (χ0n) is 10.6. The number of nitrogens with one attached hydrogen (secondary N) is 2. The molecule has 19 heavy (non-hydrogen) atoms. The van der Waals surface area contributed by atoms with Gasteiger partial charge in [0.05, 0.1) is 18.2 Å². The van der Waals surface area contributed by atoms with E-state index in [1.807, 2.05) is 0 Å². The number of amides is 2. The molecule has 0 saturated carbocycles. The Kier molecular flexibility index (Phi) is 4.01. The predicted octanol–water partition coefficient (Wildman–Crippen LogP) is 1.60. The van der Waals surface area contributed by atoms with Crippen molar-refractivity contribution in [2.24, 2.45) is 0 Å². The van der Waals surface area contributed by atoms with Crippen LogP contribution >= 0.6 is 0 Å². The maximum Gasteiger partial charge on any atom is 0.335 e. The molecule has 0 aromatic heterocycles. The van der Waals surface area contributed by atoms with E-state index in [1.54, 1.807) is 13.0 Å². The highest BCUT2D eigenvalue weighted by Crippen LogP contribution is 2.16. The Hall–Kier alpha value is -2.08. The maximum absolute atomic E-state index is 11.7. The molecule has 1 atom stereocenters. The number of urea groups is 1. The van der Waals surface area contributed by atoms with Crippen LogP contribution in [0.2, 0.25) is 0 Å². The summed E-state index contributed by atoms with van der Waals surface area (Å²) < 4.78 is 5.17. The number of rotatable bonds is 3. The minimum absolute atomic E-state index is 0.0404. The van der Waals surface area contributed by atoms with Gasteiger partial charge in [-0.05, 0) is 37.1 Å². The van der Waals surface area contributed by atoms with Gasteiger partial charge in [-0.1, -0.05) is 0 Å². The van der Waals surface area contributed by atoms with Crippen LogP contribution in [-0.2, 0) is 4.74 Å².